The van der Waals surface area contributed by atoms with Crippen LogP contribution in [0.2, 0.25) is 5.02 Å². The second kappa shape index (κ2) is 7.63. The fourth-order valence-corrected chi connectivity index (χ4v) is 4.38. The molecule has 0 unspecified atom stereocenters. The third-order valence-corrected chi connectivity index (χ3v) is 5.89. The standard InChI is InChI=1S/C16H17ClFN3O3S/c17-13-8-19-16(20-9-13)24-14-5-3-7-21(10-14)25(22,23)11-12-4-1-2-6-15(12)18/h1-2,4,6,8-9,14H,3,5,7,10-11H2/t14-/m0/s1. The molecule has 1 atom stereocenters. The van der Waals surface area contributed by atoms with Crippen LogP contribution in [0.5, 0.6) is 6.01 Å². The molecule has 0 spiro atoms. The maximum Gasteiger partial charge on any atom is 0.316 e. The third kappa shape index (κ3) is 4.65. The molecule has 0 radical (unpaired) electrons. The van der Waals surface area contributed by atoms with Crippen LogP contribution in [0.15, 0.2) is 36.7 Å². The van der Waals surface area contributed by atoms with E-state index in [1.807, 2.05) is 0 Å². The van der Waals surface area contributed by atoms with Crippen molar-refractivity contribution < 1.29 is 17.5 Å². The Labute approximate surface area is 150 Å². The summed E-state index contributed by atoms with van der Waals surface area (Å²) in [5, 5.41) is 0.394. The van der Waals surface area contributed by atoms with E-state index in [0.29, 0.717) is 24.4 Å². The van der Waals surface area contributed by atoms with Gasteiger partial charge in [0.1, 0.15) is 11.9 Å². The number of benzene rings is 1. The Hall–Kier alpha value is -1.77. The molecular weight excluding hydrogens is 369 g/mol. The lowest BCUT2D eigenvalue weighted by atomic mass is 10.1. The molecule has 0 amide bonds. The molecule has 134 valence electrons. The van der Waals surface area contributed by atoms with Crippen molar-refractivity contribution in [2.75, 3.05) is 13.1 Å². The highest BCUT2D eigenvalue weighted by atomic mass is 35.5. The number of sulfonamides is 1. The van der Waals surface area contributed by atoms with Gasteiger partial charge in [-0.1, -0.05) is 29.8 Å². The van der Waals surface area contributed by atoms with Crippen molar-refractivity contribution in [2.24, 2.45) is 0 Å². The molecule has 2 aromatic rings. The van der Waals surface area contributed by atoms with Gasteiger partial charge in [0, 0.05) is 12.1 Å². The fourth-order valence-electron chi connectivity index (χ4n) is 2.67. The summed E-state index contributed by atoms with van der Waals surface area (Å²) in [5.41, 5.74) is 0.159. The molecule has 1 aliphatic rings. The zero-order chi connectivity index (χ0) is 17.9. The molecule has 0 N–H and O–H groups in total. The van der Waals surface area contributed by atoms with Gasteiger partial charge in [0.05, 0.1) is 29.7 Å². The van der Waals surface area contributed by atoms with Crippen molar-refractivity contribution in [3.8, 4) is 6.01 Å². The van der Waals surface area contributed by atoms with Crippen LogP contribution in [0, 0.1) is 5.82 Å². The van der Waals surface area contributed by atoms with Crippen molar-refractivity contribution in [3.05, 3.63) is 53.1 Å². The van der Waals surface area contributed by atoms with Crippen LogP contribution in [0.4, 0.5) is 4.39 Å². The number of piperidine rings is 1. The number of nitrogens with zero attached hydrogens (tertiary/aromatic N) is 3. The Morgan fingerprint density at radius 1 is 1.28 bits per heavy atom. The number of rotatable bonds is 5. The van der Waals surface area contributed by atoms with Crippen LogP contribution >= 0.6 is 11.6 Å². The zero-order valence-corrected chi connectivity index (χ0v) is 14.9. The van der Waals surface area contributed by atoms with Crippen LogP contribution in [-0.2, 0) is 15.8 Å². The average Bonchev–Trinajstić information content (AvgIpc) is 2.59. The summed E-state index contributed by atoms with van der Waals surface area (Å²) in [6.45, 7) is 0.570. The molecule has 0 aliphatic carbocycles. The van der Waals surface area contributed by atoms with E-state index in [1.54, 1.807) is 6.07 Å². The molecule has 1 fully saturated rings. The highest BCUT2D eigenvalue weighted by Crippen LogP contribution is 2.21. The molecule has 1 aliphatic heterocycles. The fraction of sp³-hybridized carbons (Fsp3) is 0.375. The number of hydrogen-bond donors (Lipinski definition) is 0. The molecule has 0 bridgehead atoms. The van der Waals surface area contributed by atoms with Crippen LogP contribution in [0.3, 0.4) is 0 Å². The number of aromatic nitrogens is 2. The summed E-state index contributed by atoms with van der Waals surface area (Å²) < 4.78 is 45.9. The second-order valence-electron chi connectivity index (χ2n) is 5.77. The van der Waals surface area contributed by atoms with Crippen molar-refractivity contribution in [2.45, 2.75) is 24.7 Å². The maximum atomic E-state index is 13.7. The highest BCUT2D eigenvalue weighted by molar-refractivity contribution is 7.88. The normalized spacial score (nSPS) is 18.9. The van der Waals surface area contributed by atoms with Crippen LogP contribution < -0.4 is 4.74 Å². The Kier molecular flexibility index (Phi) is 5.51. The summed E-state index contributed by atoms with van der Waals surface area (Å²) in [6, 6.07) is 6.04. The highest BCUT2D eigenvalue weighted by Gasteiger charge is 2.31. The van der Waals surface area contributed by atoms with Crippen LogP contribution in [-0.4, -0.2) is 41.9 Å². The summed E-state index contributed by atoms with van der Waals surface area (Å²) in [5.74, 6) is -0.894. The Morgan fingerprint density at radius 2 is 2.00 bits per heavy atom. The predicted octanol–water partition coefficient (Wildman–Crippen LogP) is 2.64. The van der Waals surface area contributed by atoms with E-state index >= 15 is 0 Å². The van der Waals surface area contributed by atoms with Gasteiger partial charge in [0.25, 0.3) is 0 Å². The van der Waals surface area contributed by atoms with Gasteiger partial charge in [0.15, 0.2) is 0 Å². The van der Waals surface area contributed by atoms with Gasteiger partial charge >= 0.3 is 6.01 Å². The van der Waals surface area contributed by atoms with E-state index in [2.05, 4.69) is 9.97 Å². The van der Waals surface area contributed by atoms with E-state index in [4.69, 9.17) is 16.3 Å². The predicted molar refractivity (Wildman–Crippen MR) is 91.3 cm³/mol. The van der Waals surface area contributed by atoms with E-state index in [1.165, 1.54) is 34.9 Å². The topological polar surface area (TPSA) is 72.4 Å². The minimum absolute atomic E-state index is 0.155. The first-order chi connectivity index (χ1) is 11.9. The largest absolute Gasteiger partial charge is 0.459 e. The lowest BCUT2D eigenvalue weighted by Crippen LogP contribution is -2.45. The quantitative estimate of drug-likeness (QED) is 0.791. The molecule has 3 rings (SSSR count). The monoisotopic (exact) mass is 385 g/mol. The minimum Gasteiger partial charge on any atom is -0.459 e. The first-order valence-electron chi connectivity index (χ1n) is 7.79. The lowest BCUT2D eigenvalue weighted by molar-refractivity contribution is 0.119. The number of ether oxygens (including phenoxy) is 1. The van der Waals surface area contributed by atoms with Crippen molar-refractivity contribution in [1.82, 2.24) is 14.3 Å². The van der Waals surface area contributed by atoms with Gasteiger partial charge in [-0.05, 0) is 18.9 Å². The molecular formula is C16H17ClFN3O3S. The van der Waals surface area contributed by atoms with Crippen LogP contribution in [0.25, 0.3) is 0 Å². The van der Waals surface area contributed by atoms with Gasteiger partial charge in [-0.25, -0.2) is 22.8 Å². The van der Waals surface area contributed by atoms with E-state index in [0.717, 1.165) is 0 Å². The van der Waals surface area contributed by atoms with Gasteiger partial charge < -0.3 is 4.74 Å². The SMILES string of the molecule is O=S(=O)(Cc1ccccc1F)N1CCC[C@H](Oc2ncc(Cl)cn2)C1. The molecule has 1 saturated heterocycles. The first kappa shape index (κ1) is 18.0. The first-order valence-corrected chi connectivity index (χ1v) is 9.78. The summed E-state index contributed by atoms with van der Waals surface area (Å²) in [4.78, 5) is 7.91. The molecule has 6 nitrogen and oxygen atoms in total. The van der Waals surface area contributed by atoms with E-state index in [9.17, 15) is 12.8 Å². The maximum absolute atomic E-state index is 13.7. The molecule has 9 heteroatoms. The number of halogens is 2. The Bertz CT molecular complexity index is 833. The Balaban J connectivity index is 1.67. The molecule has 0 saturated carbocycles. The summed E-state index contributed by atoms with van der Waals surface area (Å²) >= 11 is 5.73. The molecule has 2 heterocycles. The van der Waals surface area contributed by atoms with Gasteiger partial charge in [-0.15, -0.1) is 0 Å². The van der Waals surface area contributed by atoms with E-state index < -0.39 is 15.8 Å². The lowest BCUT2D eigenvalue weighted by Gasteiger charge is -2.31. The van der Waals surface area contributed by atoms with Crippen molar-refractivity contribution >= 4 is 21.6 Å². The molecule has 1 aromatic heterocycles. The van der Waals surface area contributed by atoms with Gasteiger partial charge in [-0.2, -0.15) is 4.31 Å². The summed E-state index contributed by atoms with van der Waals surface area (Å²) in [6.07, 6.45) is 3.82. The van der Waals surface area contributed by atoms with E-state index in [-0.39, 0.29) is 30.0 Å². The van der Waals surface area contributed by atoms with Gasteiger partial charge in [-0.3, -0.25) is 0 Å². The molecule has 1 aromatic carbocycles. The Morgan fingerprint density at radius 3 is 2.72 bits per heavy atom. The minimum atomic E-state index is -3.64. The van der Waals surface area contributed by atoms with Crippen LogP contribution in [0.1, 0.15) is 18.4 Å². The molecule has 25 heavy (non-hydrogen) atoms. The van der Waals surface area contributed by atoms with Gasteiger partial charge in [0.2, 0.25) is 10.0 Å². The smallest absolute Gasteiger partial charge is 0.316 e. The third-order valence-electron chi connectivity index (χ3n) is 3.90. The second-order valence-corrected chi connectivity index (χ2v) is 8.18. The van der Waals surface area contributed by atoms with Crippen molar-refractivity contribution in [1.29, 1.82) is 0 Å². The average molecular weight is 386 g/mol. The number of hydrogen-bond acceptors (Lipinski definition) is 5. The van der Waals surface area contributed by atoms with Crippen molar-refractivity contribution in [3.63, 3.8) is 0 Å². The zero-order valence-electron chi connectivity index (χ0n) is 13.3. The summed E-state index contributed by atoms with van der Waals surface area (Å²) in [7, 11) is -3.64.